The first kappa shape index (κ1) is 14.1. The molecule has 17 heavy (non-hydrogen) atoms. The molecule has 0 bridgehead atoms. The number of hydrogen-bond acceptors (Lipinski definition) is 5. The van der Waals surface area contributed by atoms with Crippen molar-refractivity contribution in [2.45, 2.75) is 11.3 Å². The van der Waals surface area contributed by atoms with Crippen molar-refractivity contribution in [3.05, 3.63) is 32.8 Å². The summed E-state index contributed by atoms with van der Waals surface area (Å²) in [4.78, 5) is 9.71. The van der Waals surface area contributed by atoms with Gasteiger partial charge in [-0.05, 0) is 18.6 Å². The van der Waals surface area contributed by atoms with E-state index in [1.165, 1.54) is 12.1 Å². The summed E-state index contributed by atoms with van der Waals surface area (Å²) in [7, 11) is -3.74. The summed E-state index contributed by atoms with van der Waals surface area (Å²) in [6, 6.07) is 3.76. The van der Waals surface area contributed by atoms with Crippen LogP contribution in [0, 0.1) is 10.1 Å². The van der Waals surface area contributed by atoms with Gasteiger partial charge in [0.25, 0.3) is 5.69 Å². The molecule has 0 amide bonds. The second-order valence-electron chi connectivity index (χ2n) is 3.27. The van der Waals surface area contributed by atoms with Gasteiger partial charge < -0.3 is 5.11 Å². The largest absolute Gasteiger partial charge is 0.396 e. The first-order chi connectivity index (χ1) is 7.88. The van der Waals surface area contributed by atoms with Crippen LogP contribution in [0.2, 0.25) is 0 Å². The average molecular weight is 324 g/mol. The van der Waals surface area contributed by atoms with Crippen LogP contribution in [-0.2, 0) is 9.84 Å². The van der Waals surface area contributed by atoms with E-state index >= 15 is 0 Å². The SMILES string of the molecule is O=[N+]([O-])c1cc(Br)ccc1S(=O)(=O)CCCO. The first-order valence-electron chi connectivity index (χ1n) is 4.66. The number of aliphatic hydroxyl groups is 1. The van der Waals surface area contributed by atoms with Gasteiger partial charge in [-0.1, -0.05) is 15.9 Å². The number of nitro benzene ring substituents is 1. The van der Waals surface area contributed by atoms with Crippen LogP contribution in [-0.4, -0.2) is 30.8 Å². The lowest BCUT2D eigenvalue weighted by Gasteiger charge is -2.04. The maximum Gasteiger partial charge on any atom is 0.289 e. The lowest BCUT2D eigenvalue weighted by molar-refractivity contribution is -0.387. The molecule has 0 aliphatic heterocycles. The Kier molecular flexibility index (Phi) is 4.61. The summed E-state index contributed by atoms with van der Waals surface area (Å²) in [5, 5.41) is 19.4. The summed E-state index contributed by atoms with van der Waals surface area (Å²) < 4.78 is 24.0. The molecule has 0 saturated heterocycles. The third-order valence-corrected chi connectivity index (χ3v) is 4.36. The van der Waals surface area contributed by atoms with E-state index in [0.717, 1.165) is 6.07 Å². The molecule has 0 atom stereocenters. The third kappa shape index (κ3) is 3.48. The Hall–Kier alpha value is -0.990. The quantitative estimate of drug-likeness (QED) is 0.654. The van der Waals surface area contributed by atoms with E-state index in [1.54, 1.807) is 0 Å². The normalized spacial score (nSPS) is 11.4. The molecule has 0 aromatic heterocycles. The van der Waals surface area contributed by atoms with Crippen molar-refractivity contribution in [2.24, 2.45) is 0 Å². The molecule has 0 spiro atoms. The van der Waals surface area contributed by atoms with Crippen molar-refractivity contribution in [2.75, 3.05) is 12.4 Å². The van der Waals surface area contributed by atoms with Gasteiger partial charge in [0, 0.05) is 17.1 Å². The lowest BCUT2D eigenvalue weighted by Crippen LogP contribution is -2.10. The zero-order valence-electron chi connectivity index (χ0n) is 8.67. The number of nitro groups is 1. The molecule has 0 radical (unpaired) electrons. The van der Waals surface area contributed by atoms with Gasteiger partial charge in [0.1, 0.15) is 4.90 Å². The second-order valence-corrected chi connectivity index (χ2v) is 6.26. The standard InChI is InChI=1S/C9H10BrNO5S/c10-7-2-3-9(8(6-7)11(13)14)17(15,16)5-1-4-12/h2-3,6,12H,1,4-5H2. The van der Waals surface area contributed by atoms with Crippen molar-refractivity contribution in [3.63, 3.8) is 0 Å². The molecule has 0 unspecified atom stereocenters. The molecule has 0 fully saturated rings. The van der Waals surface area contributed by atoms with Crippen LogP contribution in [0.5, 0.6) is 0 Å². The van der Waals surface area contributed by atoms with Crippen LogP contribution in [0.15, 0.2) is 27.6 Å². The van der Waals surface area contributed by atoms with Gasteiger partial charge in [-0.2, -0.15) is 0 Å². The highest BCUT2D eigenvalue weighted by atomic mass is 79.9. The van der Waals surface area contributed by atoms with E-state index in [9.17, 15) is 18.5 Å². The molecular formula is C9H10BrNO5S. The summed E-state index contributed by atoms with van der Waals surface area (Å²) in [6.45, 7) is -0.274. The molecule has 0 heterocycles. The Morgan fingerprint density at radius 3 is 2.59 bits per heavy atom. The molecule has 1 rings (SSSR count). The number of hydrogen-bond donors (Lipinski definition) is 1. The van der Waals surface area contributed by atoms with Crippen molar-refractivity contribution in [1.82, 2.24) is 0 Å². The van der Waals surface area contributed by atoms with Crippen LogP contribution in [0.1, 0.15) is 6.42 Å². The van der Waals surface area contributed by atoms with Gasteiger partial charge in [-0.25, -0.2) is 8.42 Å². The van der Waals surface area contributed by atoms with Crippen LogP contribution >= 0.6 is 15.9 Å². The fourth-order valence-corrected chi connectivity index (χ4v) is 3.07. The number of nitrogens with zero attached hydrogens (tertiary/aromatic N) is 1. The molecule has 8 heteroatoms. The number of halogens is 1. The second kappa shape index (κ2) is 5.56. The van der Waals surface area contributed by atoms with Gasteiger partial charge in [-0.15, -0.1) is 0 Å². The molecular weight excluding hydrogens is 314 g/mol. The maximum atomic E-state index is 11.8. The predicted octanol–water partition coefficient (Wildman–Crippen LogP) is 1.51. The van der Waals surface area contributed by atoms with Crippen LogP contribution in [0.3, 0.4) is 0 Å². The molecule has 0 aliphatic carbocycles. The summed E-state index contributed by atoms with van der Waals surface area (Å²) in [6.07, 6.45) is 0.0511. The molecule has 0 saturated carbocycles. The van der Waals surface area contributed by atoms with Crippen LogP contribution in [0.4, 0.5) is 5.69 Å². The molecule has 1 aromatic rings. The Bertz CT molecular complexity index is 528. The van der Waals surface area contributed by atoms with Gasteiger partial charge in [0.2, 0.25) is 0 Å². The summed E-state index contributed by atoms with van der Waals surface area (Å²) in [5.41, 5.74) is -0.461. The smallest absolute Gasteiger partial charge is 0.289 e. The number of rotatable bonds is 5. The van der Waals surface area contributed by atoms with Gasteiger partial charge in [-0.3, -0.25) is 10.1 Å². The van der Waals surface area contributed by atoms with Gasteiger partial charge >= 0.3 is 0 Å². The van der Waals surface area contributed by atoms with Crippen molar-refractivity contribution in [1.29, 1.82) is 0 Å². The highest BCUT2D eigenvalue weighted by molar-refractivity contribution is 9.10. The first-order valence-corrected chi connectivity index (χ1v) is 7.10. The minimum atomic E-state index is -3.74. The topological polar surface area (TPSA) is 97.5 Å². The van der Waals surface area contributed by atoms with Gasteiger partial charge in [0.15, 0.2) is 9.84 Å². The third-order valence-electron chi connectivity index (χ3n) is 2.02. The van der Waals surface area contributed by atoms with Crippen molar-refractivity contribution in [3.8, 4) is 0 Å². The minimum absolute atomic E-state index is 0.0511. The van der Waals surface area contributed by atoms with E-state index in [0.29, 0.717) is 4.47 Å². The van der Waals surface area contributed by atoms with E-state index in [-0.39, 0.29) is 23.7 Å². The number of benzene rings is 1. The highest BCUT2D eigenvalue weighted by Crippen LogP contribution is 2.28. The van der Waals surface area contributed by atoms with E-state index in [2.05, 4.69) is 15.9 Å². The monoisotopic (exact) mass is 323 g/mol. The Morgan fingerprint density at radius 2 is 2.06 bits per heavy atom. The highest BCUT2D eigenvalue weighted by Gasteiger charge is 2.25. The Balaban J connectivity index is 3.26. The average Bonchev–Trinajstić information content (AvgIpc) is 2.26. The Morgan fingerprint density at radius 1 is 1.41 bits per heavy atom. The fourth-order valence-electron chi connectivity index (χ4n) is 1.26. The van der Waals surface area contributed by atoms with Crippen molar-refractivity contribution < 1.29 is 18.4 Å². The zero-order chi connectivity index (χ0) is 13.1. The number of sulfone groups is 1. The van der Waals surface area contributed by atoms with E-state index < -0.39 is 20.4 Å². The summed E-state index contributed by atoms with van der Waals surface area (Å²) in [5.74, 6) is -0.314. The Labute approximate surface area is 106 Å². The van der Waals surface area contributed by atoms with Crippen LogP contribution < -0.4 is 0 Å². The number of aliphatic hydroxyl groups excluding tert-OH is 1. The molecule has 1 N–H and O–H groups in total. The van der Waals surface area contributed by atoms with Gasteiger partial charge in [0.05, 0.1) is 10.7 Å². The lowest BCUT2D eigenvalue weighted by atomic mass is 10.3. The predicted molar refractivity (Wildman–Crippen MR) is 64.6 cm³/mol. The van der Waals surface area contributed by atoms with E-state index in [1.807, 2.05) is 0 Å². The zero-order valence-corrected chi connectivity index (χ0v) is 11.1. The molecule has 1 aromatic carbocycles. The van der Waals surface area contributed by atoms with Crippen LogP contribution in [0.25, 0.3) is 0 Å². The molecule has 0 aliphatic rings. The molecule has 6 nitrogen and oxygen atoms in total. The summed E-state index contributed by atoms with van der Waals surface area (Å²) >= 11 is 3.04. The minimum Gasteiger partial charge on any atom is -0.396 e. The maximum absolute atomic E-state index is 11.8. The molecule has 94 valence electrons. The fraction of sp³-hybridized carbons (Fsp3) is 0.333. The van der Waals surface area contributed by atoms with Crippen molar-refractivity contribution >= 4 is 31.5 Å². The van der Waals surface area contributed by atoms with E-state index in [4.69, 9.17) is 5.11 Å².